The molecule has 0 saturated carbocycles. The van der Waals surface area contributed by atoms with Crippen LogP contribution in [0.15, 0.2) is 42.7 Å². The van der Waals surface area contributed by atoms with Crippen LogP contribution in [0.5, 0.6) is 0 Å². The summed E-state index contributed by atoms with van der Waals surface area (Å²) in [5.74, 6) is -0.267. The number of rotatable bonds is 7. The van der Waals surface area contributed by atoms with E-state index in [0.29, 0.717) is 24.0 Å². The smallest absolute Gasteiger partial charge is 0.248 e. The van der Waals surface area contributed by atoms with Crippen LogP contribution in [0, 0.1) is 0 Å². The van der Waals surface area contributed by atoms with Gasteiger partial charge in [0.15, 0.2) is 0 Å². The molecule has 0 aliphatic carbocycles. The van der Waals surface area contributed by atoms with Crippen molar-refractivity contribution in [3.8, 4) is 0 Å². The fourth-order valence-electron chi connectivity index (χ4n) is 2.16. The molecule has 1 aromatic heterocycles. The lowest BCUT2D eigenvalue weighted by Gasteiger charge is -2.20. The second-order valence-corrected chi connectivity index (χ2v) is 6.29. The predicted molar refractivity (Wildman–Crippen MR) is 98.4 cm³/mol. The highest BCUT2D eigenvalue weighted by atomic mass is 16.2. The van der Waals surface area contributed by atoms with Crippen LogP contribution >= 0.6 is 0 Å². The first kappa shape index (κ1) is 18.7. The first-order chi connectivity index (χ1) is 11.9. The van der Waals surface area contributed by atoms with Gasteiger partial charge in [-0.25, -0.2) is 0 Å². The molecule has 0 fully saturated rings. The summed E-state index contributed by atoms with van der Waals surface area (Å²) in [6.45, 7) is 6.15. The Balaban J connectivity index is 1.96. The molecule has 0 saturated heterocycles. The van der Waals surface area contributed by atoms with E-state index in [1.807, 2.05) is 25.8 Å². The SMILES string of the molecule is CC(C)N(C)CC(=O)Nc1cccc(NC(=O)[C@H](C)n2cccn2)c1. The first-order valence-electron chi connectivity index (χ1n) is 8.27. The number of nitrogens with zero attached hydrogens (tertiary/aromatic N) is 3. The van der Waals surface area contributed by atoms with E-state index >= 15 is 0 Å². The molecule has 0 spiro atoms. The summed E-state index contributed by atoms with van der Waals surface area (Å²) in [6, 6.07) is 8.74. The highest BCUT2D eigenvalue weighted by Crippen LogP contribution is 2.17. The number of carbonyl (C=O) groups is 2. The van der Waals surface area contributed by atoms with Crippen LogP contribution < -0.4 is 10.6 Å². The van der Waals surface area contributed by atoms with Gasteiger partial charge in [-0.3, -0.25) is 19.2 Å². The number of hydrogen-bond acceptors (Lipinski definition) is 4. The molecule has 0 aliphatic heterocycles. The Labute approximate surface area is 148 Å². The van der Waals surface area contributed by atoms with Crippen molar-refractivity contribution in [2.75, 3.05) is 24.2 Å². The summed E-state index contributed by atoms with van der Waals surface area (Å²) in [7, 11) is 1.90. The number of likely N-dealkylation sites (N-methyl/N-ethyl adjacent to an activating group) is 1. The van der Waals surface area contributed by atoms with E-state index in [9.17, 15) is 9.59 Å². The molecule has 0 bridgehead atoms. The largest absolute Gasteiger partial charge is 0.325 e. The summed E-state index contributed by atoms with van der Waals surface area (Å²) in [6.07, 6.45) is 3.38. The van der Waals surface area contributed by atoms with Crippen molar-refractivity contribution < 1.29 is 9.59 Å². The Kier molecular flexibility index (Phi) is 6.30. The Morgan fingerprint density at radius 3 is 2.44 bits per heavy atom. The van der Waals surface area contributed by atoms with Crippen LogP contribution in [0.3, 0.4) is 0 Å². The molecular weight excluding hydrogens is 318 g/mol. The van der Waals surface area contributed by atoms with Crippen molar-refractivity contribution in [1.82, 2.24) is 14.7 Å². The summed E-state index contributed by atoms with van der Waals surface area (Å²) in [5, 5.41) is 9.76. The number of anilines is 2. The van der Waals surface area contributed by atoms with Crippen LogP contribution in [0.1, 0.15) is 26.8 Å². The van der Waals surface area contributed by atoms with Crippen LogP contribution in [-0.4, -0.2) is 46.1 Å². The number of benzene rings is 1. The highest BCUT2D eigenvalue weighted by Gasteiger charge is 2.15. The van der Waals surface area contributed by atoms with E-state index in [1.54, 1.807) is 54.3 Å². The lowest BCUT2D eigenvalue weighted by atomic mass is 10.2. The summed E-state index contributed by atoms with van der Waals surface area (Å²) in [5.41, 5.74) is 1.27. The molecule has 1 aromatic carbocycles. The normalized spacial score (nSPS) is 12.2. The van der Waals surface area contributed by atoms with Gasteiger partial charge in [0.25, 0.3) is 0 Å². The topological polar surface area (TPSA) is 79.3 Å². The molecular formula is C18H25N5O2. The third kappa shape index (κ3) is 5.42. The van der Waals surface area contributed by atoms with Gasteiger partial charge >= 0.3 is 0 Å². The summed E-state index contributed by atoms with van der Waals surface area (Å²) < 4.78 is 1.59. The van der Waals surface area contributed by atoms with Crippen molar-refractivity contribution in [1.29, 1.82) is 0 Å². The van der Waals surface area contributed by atoms with Crippen molar-refractivity contribution in [3.63, 3.8) is 0 Å². The number of hydrogen-bond donors (Lipinski definition) is 2. The monoisotopic (exact) mass is 343 g/mol. The van der Waals surface area contributed by atoms with Crippen molar-refractivity contribution in [2.45, 2.75) is 32.9 Å². The second-order valence-electron chi connectivity index (χ2n) is 6.29. The zero-order chi connectivity index (χ0) is 18.4. The van der Waals surface area contributed by atoms with E-state index < -0.39 is 6.04 Å². The Bertz CT molecular complexity index is 712. The van der Waals surface area contributed by atoms with Gasteiger partial charge in [0.05, 0.1) is 6.54 Å². The van der Waals surface area contributed by atoms with Gasteiger partial charge in [-0.15, -0.1) is 0 Å². The first-order valence-corrected chi connectivity index (χ1v) is 8.27. The molecule has 0 aliphatic rings. The third-order valence-corrected chi connectivity index (χ3v) is 3.99. The Hall–Kier alpha value is -2.67. The molecule has 0 radical (unpaired) electrons. The van der Waals surface area contributed by atoms with Crippen LogP contribution in [0.25, 0.3) is 0 Å². The summed E-state index contributed by atoms with van der Waals surface area (Å²) in [4.78, 5) is 26.3. The quantitative estimate of drug-likeness (QED) is 0.809. The molecule has 2 rings (SSSR count). The molecule has 2 aromatic rings. The number of amides is 2. The zero-order valence-corrected chi connectivity index (χ0v) is 15.1. The van der Waals surface area contributed by atoms with Crippen molar-refractivity contribution >= 4 is 23.2 Å². The second kappa shape index (κ2) is 8.43. The maximum absolute atomic E-state index is 12.3. The molecule has 2 N–H and O–H groups in total. The molecule has 2 amide bonds. The minimum Gasteiger partial charge on any atom is -0.325 e. The number of nitrogens with one attached hydrogen (secondary N) is 2. The fourth-order valence-corrected chi connectivity index (χ4v) is 2.16. The van der Waals surface area contributed by atoms with E-state index in [2.05, 4.69) is 15.7 Å². The molecule has 134 valence electrons. The molecule has 7 heteroatoms. The van der Waals surface area contributed by atoms with E-state index in [1.165, 1.54) is 0 Å². The average Bonchev–Trinajstić information content (AvgIpc) is 3.08. The van der Waals surface area contributed by atoms with Gasteiger partial charge in [-0.1, -0.05) is 6.07 Å². The van der Waals surface area contributed by atoms with Crippen LogP contribution in [0.4, 0.5) is 11.4 Å². The third-order valence-electron chi connectivity index (χ3n) is 3.99. The standard InChI is InChI=1S/C18H25N5O2/c1-13(2)22(4)12-17(24)20-15-7-5-8-16(11-15)21-18(25)14(3)23-10-6-9-19-23/h5-11,13-14H,12H2,1-4H3,(H,20,24)(H,21,25)/t14-/m0/s1. The fraction of sp³-hybridized carbons (Fsp3) is 0.389. The molecule has 0 unspecified atom stereocenters. The number of aromatic nitrogens is 2. The minimum atomic E-state index is -0.423. The van der Waals surface area contributed by atoms with Crippen molar-refractivity contribution in [2.24, 2.45) is 0 Å². The molecule has 7 nitrogen and oxygen atoms in total. The number of carbonyl (C=O) groups excluding carboxylic acids is 2. The zero-order valence-electron chi connectivity index (χ0n) is 15.1. The maximum Gasteiger partial charge on any atom is 0.248 e. The minimum absolute atomic E-state index is 0.0930. The average molecular weight is 343 g/mol. The van der Waals surface area contributed by atoms with Gasteiger partial charge in [-0.2, -0.15) is 5.10 Å². The van der Waals surface area contributed by atoms with Gasteiger partial charge in [0.1, 0.15) is 6.04 Å². The highest BCUT2D eigenvalue weighted by molar-refractivity contribution is 5.96. The molecule has 25 heavy (non-hydrogen) atoms. The Morgan fingerprint density at radius 2 is 1.84 bits per heavy atom. The molecule has 1 atom stereocenters. The van der Waals surface area contributed by atoms with Gasteiger partial charge < -0.3 is 10.6 Å². The van der Waals surface area contributed by atoms with Crippen molar-refractivity contribution in [3.05, 3.63) is 42.7 Å². The van der Waals surface area contributed by atoms with Crippen LogP contribution in [0.2, 0.25) is 0 Å². The van der Waals surface area contributed by atoms with Gasteiger partial charge in [0.2, 0.25) is 11.8 Å². The predicted octanol–water partition coefficient (Wildman–Crippen LogP) is 2.36. The van der Waals surface area contributed by atoms with Gasteiger partial charge in [0, 0.05) is 29.8 Å². The summed E-state index contributed by atoms with van der Waals surface area (Å²) >= 11 is 0. The van der Waals surface area contributed by atoms with E-state index in [0.717, 1.165) is 0 Å². The van der Waals surface area contributed by atoms with Gasteiger partial charge in [-0.05, 0) is 52.1 Å². The lowest BCUT2D eigenvalue weighted by molar-refractivity contribution is -0.119. The van der Waals surface area contributed by atoms with E-state index in [-0.39, 0.29) is 11.8 Å². The Morgan fingerprint density at radius 1 is 1.16 bits per heavy atom. The van der Waals surface area contributed by atoms with Crippen LogP contribution in [-0.2, 0) is 9.59 Å². The van der Waals surface area contributed by atoms with E-state index in [4.69, 9.17) is 0 Å². The molecule has 1 heterocycles. The lowest BCUT2D eigenvalue weighted by Crippen LogP contribution is -2.34. The maximum atomic E-state index is 12.3.